The third kappa shape index (κ3) is 2.94. The van der Waals surface area contributed by atoms with Crippen molar-refractivity contribution < 1.29 is 14.6 Å². The van der Waals surface area contributed by atoms with Crippen molar-refractivity contribution in [2.45, 2.75) is 20.5 Å². The summed E-state index contributed by atoms with van der Waals surface area (Å²) in [7, 11) is 0. The molecular weight excluding hydrogens is 240 g/mol. The zero-order chi connectivity index (χ0) is 13.8. The first kappa shape index (κ1) is 13.1. The van der Waals surface area contributed by atoms with Crippen molar-refractivity contribution in [1.82, 2.24) is 0 Å². The maximum absolute atomic E-state index is 12.0. The van der Waals surface area contributed by atoms with Crippen LogP contribution in [0.25, 0.3) is 0 Å². The Morgan fingerprint density at radius 1 is 1.05 bits per heavy atom. The molecule has 3 heteroatoms. The molecule has 0 saturated carbocycles. The summed E-state index contributed by atoms with van der Waals surface area (Å²) >= 11 is 0. The van der Waals surface area contributed by atoms with E-state index in [2.05, 4.69) is 0 Å². The van der Waals surface area contributed by atoms with Gasteiger partial charge in [-0.05, 0) is 42.7 Å². The van der Waals surface area contributed by atoms with Gasteiger partial charge in [-0.3, -0.25) is 0 Å². The maximum atomic E-state index is 12.0. The highest BCUT2D eigenvalue weighted by molar-refractivity contribution is 5.91. The van der Waals surface area contributed by atoms with Crippen LogP contribution < -0.4 is 0 Å². The van der Waals surface area contributed by atoms with E-state index in [0.29, 0.717) is 11.1 Å². The largest absolute Gasteiger partial charge is 0.508 e. The average molecular weight is 256 g/mol. The number of ether oxygens (including phenoxy) is 1. The van der Waals surface area contributed by atoms with Gasteiger partial charge in [0.15, 0.2) is 0 Å². The van der Waals surface area contributed by atoms with E-state index in [0.717, 1.165) is 11.1 Å². The molecule has 0 saturated heterocycles. The van der Waals surface area contributed by atoms with Gasteiger partial charge in [0.1, 0.15) is 12.4 Å². The first-order valence-electron chi connectivity index (χ1n) is 6.10. The van der Waals surface area contributed by atoms with Crippen LogP contribution in [0.15, 0.2) is 42.5 Å². The molecule has 2 rings (SSSR count). The minimum atomic E-state index is -0.371. The molecule has 0 aliphatic rings. The number of phenols is 1. The van der Waals surface area contributed by atoms with E-state index < -0.39 is 0 Å². The fraction of sp³-hybridized carbons (Fsp3) is 0.188. The van der Waals surface area contributed by atoms with Crippen LogP contribution in [0, 0.1) is 13.8 Å². The molecule has 0 radical (unpaired) electrons. The van der Waals surface area contributed by atoms with Crippen LogP contribution >= 0.6 is 0 Å². The normalized spacial score (nSPS) is 10.2. The Kier molecular flexibility index (Phi) is 3.85. The lowest BCUT2D eigenvalue weighted by atomic mass is 10.0. The Balaban J connectivity index is 2.11. The van der Waals surface area contributed by atoms with Gasteiger partial charge in [-0.25, -0.2) is 4.79 Å². The maximum Gasteiger partial charge on any atom is 0.338 e. The minimum absolute atomic E-state index is 0.192. The molecule has 0 spiro atoms. The Morgan fingerprint density at radius 3 is 2.42 bits per heavy atom. The fourth-order valence-electron chi connectivity index (χ4n) is 1.83. The molecule has 0 aliphatic carbocycles. The zero-order valence-corrected chi connectivity index (χ0v) is 11.0. The van der Waals surface area contributed by atoms with Gasteiger partial charge in [-0.15, -0.1) is 0 Å². The van der Waals surface area contributed by atoms with Gasteiger partial charge in [0.2, 0.25) is 0 Å². The van der Waals surface area contributed by atoms with Crippen LogP contribution in [-0.2, 0) is 11.3 Å². The van der Waals surface area contributed by atoms with E-state index in [9.17, 15) is 9.90 Å². The minimum Gasteiger partial charge on any atom is -0.508 e. The highest BCUT2D eigenvalue weighted by Crippen LogP contribution is 2.23. The quantitative estimate of drug-likeness (QED) is 0.856. The third-order valence-corrected chi connectivity index (χ3v) is 3.19. The summed E-state index contributed by atoms with van der Waals surface area (Å²) in [5.74, 6) is -0.179. The Bertz CT molecular complexity index is 588. The molecule has 3 nitrogen and oxygen atoms in total. The average Bonchev–Trinajstić information content (AvgIpc) is 2.43. The van der Waals surface area contributed by atoms with E-state index in [1.807, 2.05) is 30.3 Å². The Morgan fingerprint density at radius 2 is 1.74 bits per heavy atom. The second-order valence-corrected chi connectivity index (χ2v) is 4.44. The first-order valence-corrected chi connectivity index (χ1v) is 6.10. The lowest BCUT2D eigenvalue weighted by Crippen LogP contribution is -2.08. The van der Waals surface area contributed by atoms with Gasteiger partial charge < -0.3 is 9.84 Å². The van der Waals surface area contributed by atoms with E-state index in [1.165, 1.54) is 6.07 Å². The molecule has 0 amide bonds. The molecule has 0 aliphatic heterocycles. The number of carbonyl (C=O) groups excluding carboxylic acids is 1. The Labute approximate surface area is 112 Å². The predicted octanol–water partition coefficient (Wildman–Crippen LogP) is 3.37. The molecule has 98 valence electrons. The number of carbonyl (C=O) groups is 1. The van der Waals surface area contributed by atoms with Gasteiger partial charge in [0, 0.05) is 0 Å². The van der Waals surface area contributed by atoms with E-state index in [4.69, 9.17) is 4.74 Å². The summed E-state index contributed by atoms with van der Waals surface area (Å²) in [4.78, 5) is 12.0. The van der Waals surface area contributed by atoms with Crippen molar-refractivity contribution >= 4 is 5.97 Å². The summed E-state index contributed by atoms with van der Waals surface area (Å²) in [6.07, 6.45) is 0. The molecule has 2 aromatic rings. The molecule has 0 atom stereocenters. The van der Waals surface area contributed by atoms with E-state index in [-0.39, 0.29) is 18.3 Å². The molecule has 0 bridgehead atoms. The molecule has 2 aromatic carbocycles. The number of hydrogen-bond acceptors (Lipinski definition) is 3. The number of hydrogen-bond donors (Lipinski definition) is 1. The zero-order valence-electron chi connectivity index (χ0n) is 11.0. The van der Waals surface area contributed by atoms with Gasteiger partial charge in [0.05, 0.1) is 5.56 Å². The monoisotopic (exact) mass is 256 g/mol. The van der Waals surface area contributed by atoms with Crippen LogP contribution in [0.5, 0.6) is 5.75 Å². The SMILES string of the molecule is Cc1c(O)ccc(C(=O)OCc2ccccc2)c1C. The molecule has 0 heterocycles. The van der Waals surface area contributed by atoms with Crippen molar-refractivity contribution in [1.29, 1.82) is 0 Å². The fourth-order valence-corrected chi connectivity index (χ4v) is 1.83. The highest BCUT2D eigenvalue weighted by atomic mass is 16.5. The number of benzene rings is 2. The topological polar surface area (TPSA) is 46.5 Å². The number of rotatable bonds is 3. The van der Waals surface area contributed by atoms with Crippen molar-refractivity contribution in [3.63, 3.8) is 0 Å². The molecular formula is C16H16O3. The molecule has 0 fully saturated rings. The van der Waals surface area contributed by atoms with Crippen LogP contribution in [0.1, 0.15) is 27.0 Å². The lowest BCUT2D eigenvalue weighted by molar-refractivity contribution is 0.0471. The van der Waals surface area contributed by atoms with Crippen molar-refractivity contribution in [3.05, 3.63) is 64.7 Å². The molecule has 0 aromatic heterocycles. The second kappa shape index (κ2) is 5.57. The molecule has 1 N–H and O–H groups in total. The summed E-state index contributed by atoms with van der Waals surface area (Å²) < 4.78 is 5.27. The standard InChI is InChI=1S/C16H16O3/c1-11-12(2)15(17)9-8-14(11)16(18)19-10-13-6-4-3-5-7-13/h3-9,17H,10H2,1-2H3. The van der Waals surface area contributed by atoms with Gasteiger partial charge in [-0.1, -0.05) is 30.3 Å². The first-order chi connectivity index (χ1) is 9.09. The molecule has 19 heavy (non-hydrogen) atoms. The van der Waals surface area contributed by atoms with E-state index >= 15 is 0 Å². The van der Waals surface area contributed by atoms with Crippen molar-refractivity contribution in [2.24, 2.45) is 0 Å². The summed E-state index contributed by atoms with van der Waals surface area (Å²) in [5, 5.41) is 9.56. The molecule has 0 unspecified atom stereocenters. The van der Waals surface area contributed by atoms with Crippen LogP contribution in [0.4, 0.5) is 0 Å². The summed E-state index contributed by atoms with van der Waals surface area (Å²) in [6, 6.07) is 12.6. The number of esters is 1. The van der Waals surface area contributed by atoms with Crippen molar-refractivity contribution in [3.8, 4) is 5.75 Å². The van der Waals surface area contributed by atoms with Crippen LogP contribution in [-0.4, -0.2) is 11.1 Å². The smallest absolute Gasteiger partial charge is 0.338 e. The van der Waals surface area contributed by atoms with Crippen LogP contribution in [0.2, 0.25) is 0 Å². The number of phenolic OH excluding ortho intramolecular Hbond substituents is 1. The van der Waals surface area contributed by atoms with Gasteiger partial charge in [0.25, 0.3) is 0 Å². The van der Waals surface area contributed by atoms with Crippen LogP contribution in [0.3, 0.4) is 0 Å². The van der Waals surface area contributed by atoms with Gasteiger partial charge >= 0.3 is 5.97 Å². The predicted molar refractivity (Wildman–Crippen MR) is 73.1 cm³/mol. The van der Waals surface area contributed by atoms with E-state index in [1.54, 1.807) is 19.9 Å². The Hall–Kier alpha value is -2.29. The summed E-state index contributed by atoms with van der Waals surface area (Å²) in [5.41, 5.74) is 2.89. The van der Waals surface area contributed by atoms with Gasteiger partial charge in [-0.2, -0.15) is 0 Å². The van der Waals surface area contributed by atoms with Crippen molar-refractivity contribution in [2.75, 3.05) is 0 Å². The highest BCUT2D eigenvalue weighted by Gasteiger charge is 2.13. The number of aromatic hydroxyl groups is 1. The third-order valence-electron chi connectivity index (χ3n) is 3.19. The second-order valence-electron chi connectivity index (χ2n) is 4.44. The lowest BCUT2D eigenvalue weighted by Gasteiger charge is -2.10. The summed E-state index contributed by atoms with van der Waals surface area (Å²) in [6.45, 7) is 3.83.